The van der Waals surface area contributed by atoms with Crippen molar-refractivity contribution in [3.05, 3.63) is 75.1 Å². The molecule has 4 heterocycles. The fourth-order valence-corrected chi connectivity index (χ4v) is 3.89. The van der Waals surface area contributed by atoms with Crippen molar-refractivity contribution in [2.75, 3.05) is 0 Å². The van der Waals surface area contributed by atoms with Gasteiger partial charge < -0.3 is 10.3 Å². The summed E-state index contributed by atoms with van der Waals surface area (Å²) in [5.74, 6) is -0.279. The van der Waals surface area contributed by atoms with Crippen molar-refractivity contribution < 1.29 is 4.79 Å². The van der Waals surface area contributed by atoms with Crippen molar-refractivity contribution >= 4 is 16.9 Å². The summed E-state index contributed by atoms with van der Waals surface area (Å²) in [6.45, 7) is 9.76. The van der Waals surface area contributed by atoms with Crippen LogP contribution in [0.2, 0.25) is 0 Å². The molecular weight excluding hydrogens is 404 g/mol. The molecule has 0 aromatic carbocycles. The number of rotatable bonds is 5. The minimum atomic E-state index is -0.279. The maximum atomic E-state index is 13.3. The Kier molecular flexibility index (Phi) is 5.61. The zero-order valence-electron chi connectivity index (χ0n) is 18.9. The monoisotopic (exact) mass is 430 g/mol. The van der Waals surface area contributed by atoms with E-state index in [2.05, 4.69) is 20.4 Å². The van der Waals surface area contributed by atoms with Crippen LogP contribution in [0.15, 0.2) is 41.5 Å². The second-order valence-corrected chi connectivity index (χ2v) is 8.24. The first kappa shape index (κ1) is 21.4. The van der Waals surface area contributed by atoms with Crippen LogP contribution < -0.4 is 10.9 Å². The third-order valence-electron chi connectivity index (χ3n) is 5.47. The lowest BCUT2D eigenvalue weighted by atomic mass is 10.1. The molecule has 4 rings (SSSR count). The van der Waals surface area contributed by atoms with Crippen molar-refractivity contribution in [2.24, 2.45) is 0 Å². The molecule has 0 fully saturated rings. The predicted octanol–water partition coefficient (Wildman–Crippen LogP) is 3.62. The van der Waals surface area contributed by atoms with E-state index in [0.29, 0.717) is 27.9 Å². The molecule has 0 spiro atoms. The van der Waals surface area contributed by atoms with Gasteiger partial charge in [-0.2, -0.15) is 5.10 Å². The van der Waals surface area contributed by atoms with E-state index in [1.165, 1.54) is 0 Å². The second-order valence-electron chi connectivity index (χ2n) is 8.24. The number of amides is 1. The number of H-pyrrole nitrogens is 1. The molecule has 0 unspecified atom stereocenters. The zero-order chi connectivity index (χ0) is 23.0. The number of aryl methyl sites for hydroxylation is 3. The van der Waals surface area contributed by atoms with Gasteiger partial charge in [0.15, 0.2) is 5.65 Å². The molecule has 0 aliphatic heterocycles. The molecule has 4 aromatic heterocycles. The van der Waals surface area contributed by atoms with Crippen LogP contribution in [-0.4, -0.2) is 30.6 Å². The number of hydrogen-bond donors (Lipinski definition) is 2. The van der Waals surface area contributed by atoms with E-state index in [9.17, 15) is 9.59 Å². The quantitative estimate of drug-likeness (QED) is 0.503. The average molecular weight is 431 g/mol. The highest BCUT2D eigenvalue weighted by atomic mass is 16.1. The molecular formula is C24H26N6O2. The molecule has 0 aliphatic rings. The number of nitrogens with zero attached hydrogens (tertiary/aromatic N) is 4. The second kappa shape index (κ2) is 8.37. The minimum absolute atomic E-state index is 0.0797. The standard InChI is InChI=1S/C24H26N6O2/c1-13(2)30-22-21(16(5)29-30)18(11-20(28-22)17-6-8-25-9-7-17)23(31)26-12-19-14(3)10-15(4)27-24(19)32/h6-11,13H,12H2,1-5H3,(H,26,31)(H,27,32). The van der Waals surface area contributed by atoms with Gasteiger partial charge >= 0.3 is 0 Å². The van der Waals surface area contributed by atoms with E-state index >= 15 is 0 Å². The number of carbonyl (C=O) groups is 1. The van der Waals surface area contributed by atoms with Gasteiger partial charge in [-0.05, 0) is 64.4 Å². The van der Waals surface area contributed by atoms with Crippen LogP contribution in [0.5, 0.6) is 0 Å². The molecule has 1 amide bonds. The first-order valence-electron chi connectivity index (χ1n) is 10.5. The maximum absolute atomic E-state index is 13.3. The Morgan fingerprint density at radius 3 is 2.53 bits per heavy atom. The van der Waals surface area contributed by atoms with E-state index in [4.69, 9.17) is 4.98 Å². The van der Waals surface area contributed by atoms with Gasteiger partial charge in [0.1, 0.15) is 0 Å². The molecule has 0 aliphatic carbocycles. The van der Waals surface area contributed by atoms with Crippen LogP contribution >= 0.6 is 0 Å². The van der Waals surface area contributed by atoms with Crippen molar-refractivity contribution in [2.45, 2.75) is 47.2 Å². The van der Waals surface area contributed by atoms with Crippen LogP contribution in [0, 0.1) is 20.8 Å². The van der Waals surface area contributed by atoms with Crippen LogP contribution in [-0.2, 0) is 6.54 Å². The van der Waals surface area contributed by atoms with Crippen molar-refractivity contribution in [1.82, 2.24) is 30.0 Å². The van der Waals surface area contributed by atoms with Crippen LogP contribution in [0.1, 0.15) is 52.8 Å². The minimum Gasteiger partial charge on any atom is -0.348 e. The van der Waals surface area contributed by atoms with Crippen LogP contribution in [0.3, 0.4) is 0 Å². The molecule has 8 nitrogen and oxygen atoms in total. The number of nitrogens with one attached hydrogen (secondary N) is 2. The lowest BCUT2D eigenvalue weighted by Crippen LogP contribution is -2.28. The molecule has 0 radical (unpaired) electrons. The van der Waals surface area contributed by atoms with Crippen LogP contribution in [0.4, 0.5) is 0 Å². The number of pyridine rings is 3. The van der Waals surface area contributed by atoms with Crippen LogP contribution in [0.25, 0.3) is 22.3 Å². The van der Waals surface area contributed by atoms with Gasteiger partial charge in [0.2, 0.25) is 0 Å². The zero-order valence-corrected chi connectivity index (χ0v) is 18.9. The maximum Gasteiger partial charge on any atom is 0.253 e. The molecule has 0 atom stereocenters. The van der Waals surface area contributed by atoms with Crippen molar-refractivity contribution in [3.63, 3.8) is 0 Å². The molecule has 0 saturated heterocycles. The summed E-state index contributed by atoms with van der Waals surface area (Å²) >= 11 is 0. The number of aromatic nitrogens is 5. The Balaban J connectivity index is 1.80. The van der Waals surface area contributed by atoms with Crippen molar-refractivity contribution in [1.29, 1.82) is 0 Å². The Morgan fingerprint density at radius 1 is 1.16 bits per heavy atom. The highest BCUT2D eigenvalue weighted by molar-refractivity contribution is 6.07. The Bertz CT molecular complexity index is 1370. The Labute approximate surface area is 185 Å². The number of carbonyl (C=O) groups excluding carboxylic acids is 1. The smallest absolute Gasteiger partial charge is 0.253 e. The first-order valence-corrected chi connectivity index (χ1v) is 10.5. The lowest BCUT2D eigenvalue weighted by Gasteiger charge is -2.12. The lowest BCUT2D eigenvalue weighted by molar-refractivity contribution is 0.0952. The van der Waals surface area contributed by atoms with E-state index in [1.807, 2.05) is 57.5 Å². The number of hydrogen-bond acceptors (Lipinski definition) is 5. The summed E-state index contributed by atoms with van der Waals surface area (Å²) < 4.78 is 1.83. The average Bonchev–Trinajstić information content (AvgIpc) is 3.09. The summed E-state index contributed by atoms with van der Waals surface area (Å²) in [4.78, 5) is 37.4. The molecule has 2 N–H and O–H groups in total. The van der Waals surface area contributed by atoms with Gasteiger partial charge in [-0.3, -0.25) is 14.6 Å². The van der Waals surface area contributed by atoms with Crippen molar-refractivity contribution in [3.8, 4) is 11.3 Å². The summed E-state index contributed by atoms with van der Waals surface area (Å²) in [6.07, 6.45) is 3.39. The van der Waals surface area contributed by atoms with Gasteiger partial charge in [0.25, 0.3) is 11.5 Å². The van der Waals surface area contributed by atoms with E-state index in [1.54, 1.807) is 18.5 Å². The number of aromatic amines is 1. The van der Waals surface area contributed by atoms with E-state index in [-0.39, 0.29) is 24.1 Å². The van der Waals surface area contributed by atoms with Gasteiger partial charge in [-0.1, -0.05) is 0 Å². The summed E-state index contributed by atoms with van der Waals surface area (Å²) in [5.41, 5.74) is 5.37. The summed E-state index contributed by atoms with van der Waals surface area (Å²) in [7, 11) is 0. The van der Waals surface area contributed by atoms with Gasteiger partial charge in [0, 0.05) is 41.8 Å². The number of fused-ring (bicyclic) bond motifs is 1. The molecule has 164 valence electrons. The fraction of sp³-hybridized carbons (Fsp3) is 0.292. The first-order chi connectivity index (χ1) is 15.3. The summed E-state index contributed by atoms with van der Waals surface area (Å²) in [6, 6.07) is 7.46. The molecule has 8 heteroatoms. The Morgan fingerprint density at radius 2 is 1.88 bits per heavy atom. The molecule has 4 aromatic rings. The third kappa shape index (κ3) is 3.91. The van der Waals surface area contributed by atoms with Gasteiger partial charge in [-0.15, -0.1) is 0 Å². The van der Waals surface area contributed by atoms with Gasteiger partial charge in [-0.25, -0.2) is 9.67 Å². The highest BCUT2D eigenvalue weighted by Gasteiger charge is 2.21. The largest absolute Gasteiger partial charge is 0.348 e. The fourth-order valence-electron chi connectivity index (χ4n) is 3.89. The molecule has 0 bridgehead atoms. The van der Waals surface area contributed by atoms with Gasteiger partial charge in [0.05, 0.1) is 22.3 Å². The highest BCUT2D eigenvalue weighted by Crippen LogP contribution is 2.28. The summed E-state index contributed by atoms with van der Waals surface area (Å²) in [5, 5.41) is 8.26. The van der Waals surface area contributed by atoms with E-state index < -0.39 is 0 Å². The van der Waals surface area contributed by atoms with E-state index in [0.717, 1.165) is 22.5 Å². The SMILES string of the molecule is Cc1cc(C)c(CNC(=O)c2cc(-c3ccncc3)nc3c2c(C)nn3C(C)C)c(=O)[nH]1. The Hall–Kier alpha value is -3.81. The normalized spacial score (nSPS) is 11.3. The molecule has 0 saturated carbocycles. The predicted molar refractivity (Wildman–Crippen MR) is 124 cm³/mol. The third-order valence-corrected chi connectivity index (χ3v) is 5.47. The topological polar surface area (TPSA) is 106 Å². The molecule has 32 heavy (non-hydrogen) atoms.